The summed E-state index contributed by atoms with van der Waals surface area (Å²) in [5.41, 5.74) is 9.88. The molecule has 0 radical (unpaired) electrons. The summed E-state index contributed by atoms with van der Waals surface area (Å²) in [7, 11) is 0. The van der Waals surface area contributed by atoms with Crippen LogP contribution in [0.5, 0.6) is 0 Å². The van der Waals surface area contributed by atoms with E-state index in [1.54, 1.807) is 0 Å². The van der Waals surface area contributed by atoms with Crippen LogP contribution in [0.2, 0.25) is 0 Å². The lowest BCUT2D eigenvalue weighted by molar-refractivity contribution is 1.04. The van der Waals surface area contributed by atoms with Crippen LogP contribution >= 0.6 is 0 Å². The summed E-state index contributed by atoms with van der Waals surface area (Å²) in [5.74, 6) is 0. The standard InChI is InChI=1S/C24H20N2.H2/c1-2-6-17(7-3-1)20-15-22-21(10-12-24(22)26-16-20)18-9-11-23-19(14-18)8-4-5-13-25-23;/h2,4-7,9-11,13-16H,1,3,8,12H2;1H. The van der Waals surface area contributed by atoms with Crippen LogP contribution in [-0.2, 0) is 12.8 Å². The van der Waals surface area contributed by atoms with Crippen molar-refractivity contribution in [1.82, 2.24) is 4.98 Å². The second kappa shape index (κ2) is 6.38. The zero-order valence-corrected chi connectivity index (χ0v) is 14.7. The number of hydrogen-bond acceptors (Lipinski definition) is 2. The molecule has 0 fully saturated rings. The molecule has 2 heteroatoms. The minimum Gasteiger partial charge on any atom is -0.260 e. The van der Waals surface area contributed by atoms with Gasteiger partial charge in [-0.05, 0) is 65.8 Å². The highest BCUT2D eigenvalue weighted by Crippen LogP contribution is 2.36. The van der Waals surface area contributed by atoms with Gasteiger partial charge in [-0.25, -0.2) is 0 Å². The third kappa shape index (κ3) is 2.68. The van der Waals surface area contributed by atoms with Crippen molar-refractivity contribution in [3.05, 3.63) is 94.9 Å². The van der Waals surface area contributed by atoms with E-state index in [0.717, 1.165) is 31.4 Å². The SMILES string of the molecule is C1=CCc2cc(C3=CCc4ncc(C5=CCCC=C5)cc43)ccc2N=C1.[HH]. The Morgan fingerprint density at radius 2 is 1.92 bits per heavy atom. The molecule has 1 aromatic carbocycles. The van der Waals surface area contributed by atoms with Crippen LogP contribution in [0.25, 0.3) is 11.1 Å². The Bertz CT molecular complexity index is 1040. The Morgan fingerprint density at radius 1 is 0.923 bits per heavy atom. The average molecular weight is 338 g/mol. The van der Waals surface area contributed by atoms with Crippen LogP contribution in [0.3, 0.4) is 0 Å². The molecule has 0 saturated carbocycles. The van der Waals surface area contributed by atoms with E-state index in [-0.39, 0.29) is 1.43 Å². The molecule has 0 saturated heterocycles. The normalized spacial score (nSPS) is 17.4. The molecule has 1 aliphatic heterocycles. The maximum Gasteiger partial charge on any atom is 0.0665 e. The van der Waals surface area contributed by atoms with Gasteiger partial charge in [0.1, 0.15) is 0 Å². The van der Waals surface area contributed by atoms with Gasteiger partial charge in [-0.15, -0.1) is 0 Å². The number of aliphatic imine (C=N–C) groups is 1. The van der Waals surface area contributed by atoms with Crippen LogP contribution in [0, 0.1) is 0 Å². The Labute approximate surface area is 155 Å². The maximum absolute atomic E-state index is 4.75. The van der Waals surface area contributed by atoms with Gasteiger partial charge in [-0.3, -0.25) is 9.98 Å². The van der Waals surface area contributed by atoms with Gasteiger partial charge in [0.2, 0.25) is 0 Å². The molecule has 0 unspecified atom stereocenters. The molecule has 2 aliphatic carbocycles. The van der Waals surface area contributed by atoms with E-state index in [4.69, 9.17) is 4.98 Å². The van der Waals surface area contributed by atoms with Crippen molar-refractivity contribution in [3.8, 4) is 0 Å². The number of nitrogens with zero attached hydrogens (tertiary/aromatic N) is 2. The van der Waals surface area contributed by atoms with E-state index in [1.807, 2.05) is 18.5 Å². The summed E-state index contributed by atoms with van der Waals surface area (Å²) in [5, 5.41) is 0. The van der Waals surface area contributed by atoms with Gasteiger partial charge in [0.25, 0.3) is 0 Å². The molecule has 0 atom stereocenters. The first-order valence-corrected chi connectivity index (χ1v) is 9.27. The zero-order valence-electron chi connectivity index (χ0n) is 14.7. The van der Waals surface area contributed by atoms with Crippen molar-refractivity contribution in [1.29, 1.82) is 0 Å². The zero-order chi connectivity index (χ0) is 17.3. The number of hydrogen-bond donors (Lipinski definition) is 0. The smallest absolute Gasteiger partial charge is 0.0665 e. The van der Waals surface area contributed by atoms with Crippen molar-refractivity contribution in [2.75, 3.05) is 0 Å². The minimum absolute atomic E-state index is 0. The molecule has 0 amide bonds. The van der Waals surface area contributed by atoms with E-state index in [1.165, 1.54) is 39.1 Å². The summed E-state index contributed by atoms with van der Waals surface area (Å²) in [6.07, 6.45) is 21.3. The Kier molecular flexibility index (Phi) is 3.75. The van der Waals surface area contributed by atoms with Gasteiger partial charge < -0.3 is 0 Å². The molecule has 3 aliphatic rings. The summed E-state index contributed by atoms with van der Waals surface area (Å²) in [4.78, 5) is 9.27. The largest absolute Gasteiger partial charge is 0.260 e. The Morgan fingerprint density at radius 3 is 2.85 bits per heavy atom. The number of allylic oxidation sites excluding steroid dienone is 7. The molecule has 128 valence electrons. The summed E-state index contributed by atoms with van der Waals surface area (Å²) < 4.78 is 0. The molecular formula is C24H22N2. The van der Waals surface area contributed by atoms with E-state index in [9.17, 15) is 0 Å². The van der Waals surface area contributed by atoms with E-state index < -0.39 is 0 Å². The van der Waals surface area contributed by atoms with Crippen LogP contribution < -0.4 is 0 Å². The lowest BCUT2D eigenvalue weighted by Gasteiger charge is -2.12. The lowest BCUT2D eigenvalue weighted by Crippen LogP contribution is -1.95. The predicted molar refractivity (Wildman–Crippen MR) is 111 cm³/mol. The molecule has 2 aromatic rings. The van der Waals surface area contributed by atoms with Gasteiger partial charge in [0.15, 0.2) is 0 Å². The maximum atomic E-state index is 4.75. The van der Waals surface area contributed by atoms with Crippen LogP contribution in [0.4, 0.5) is 5.69 Å². The number of benzene rings is 1. The minimum atomic E-state index is 0. The predicted octanol–water partition coefficient (Wildman–Crippen LogP) is 5.86. The van der Waals surface area contributed by atoms with Crippen molar-refractivity contribution >= 4 is 23.0 Å². The van der Waals surface area contributed by atoms with E-state index in [0.29, 0.717) is 0 Å². The summed E-state index contributed by atoms with van der Waals surface area (Å²) >= 11 is 0. The average Bonchev–Trinajstić information content (AvgIpc) is 2.98. The van der Waals surface area contributed by atoms with E-state index in [2.05, 4.69) is 59.6 Å². The van der Waals surface area contributed by atoms with Gasteiger partial charge in [-0.2, -0.15) is 0 Å². The van der Waals surface area contributed by atoms with E-state index >= 15 is 0 Å². The van der Waals surface area contributed by atoms with Crippen LogP contribution in [0.15, 0.2) is 71.9 Å². The fraction of sp³-hybridized carbons (Fsp3) is 0.167. The lowest BCUT2D eigenvalue weighted by atomic mass is 9.94. The highest BCUT2D eigenvalue weighted by Gasteiger charge is 2.19. The highest BCUT2D eigenvalue weighted by atomic mass is 14.7. The fourth-order valence-electron chi connectivity index (χ4n) is 3.88. The molecule has 1 aromatic heterocycles. The quantitative estimate of drug-likeness (QED) is 0.673. The highest BCUT2D eigenvalue weighted by molar-refractivity contribution is 5.87. The third-order valence-electron chi connectivity index (χ3n) is 5.25. The van der Waals surface area contributed by atoms with Crippen molar-refractivity contribution in [2.24, 2.45) is 4.99 Å². The Balaban J connectivity index is 0.00000180. The summed E-state index contributed by atoms with van der Waals surface area (Å²) in [6.45, 7) is 0. The number of aromatic nitrogens is 1. The van der Waals surface area contributed by atoms with Crippen molar-refractivity contribution in [3.63, 3.8) is 0 Å². The topological polar surface area (TPSA) is 25.2 Å². The number of pyridine rings is 1. The first-order chi connectivity index (χ1) is 12.9. The number of rotatable bonds is 2. The second-order valence-corrected chi connectivity index (χ2v) is 6.93. The second-order valence-electron chi connectivity index (χ2n) is 6.93. The van der Waals surface area contributed by atoms with Gasteiger partial charge in [0, 0.05) is 31.4 Å². The molecule has 0 spiro atoms. The first kappa shape index (κ1) is 15.3. The van der Waals surface area contributed by atoms with Crippen LogP contribution in [0.1, 0.15) is 42.2 Å². The Hall–Kier alpha value is -3.00. The van der Waals surface area contributed by atoms with Crippen molar-refractivity contribution in [2.45, 2.75) is 25.7 Å². The monoisotopic (exact) mass is 338 g/mol. The van der Waals surface area contributed by atoms with Crippen molar-refractivity contribution < 1.29 is 1.43 Å². The first-order valence-electron chi connectivity index (χ1n) is 9.27. The van der Waals surface area contributed by atoms with Gasteiger partial charge in [-0.1, -0.05) is 36.4 Å². The molecule has 26 heavy (non-hydrogen) atoms. The van der Waals surface area contributed by atoms with Crippen LogP contribution in [-0.4, -0.2) is 11.2 Å². The summed E-state index contributed by atoms with van der Waals surface area (Å²) in [6, 6.07) is 8.92. The molecule has 0 N–H and O–H groups in total. The van der Waals surface area contributed by atoms with Gasteiger partial charge in [0.05, 0.1) is 11.4 Å². The molecular weight excluding hydrogens is 316 g/mol. The molecule has 0 bridgehead atoms. The van der Waals surface area contributed by atoms with Gasteiger partial charge >= 0.3 is 0 Å². The third-order valence-corrected chi connectivity index (χ3v) is 5.25. The fourth-order valence-corrected chi connectivity index (χ4v) is 3.88. The number of fused-ring (bicyclic) bond motifs is 2. The molecule has 2 nitrogen and oxygen atoms in total. The molecule has 2 heterocycles. The molecule has 5 rings (SSSR count).